The number of amides is 1. The zero-order chi connectivity index (χ0) is 17.3. The maximum Gasteiger partial charge on any atom is 0.409 e. The largest absolute Gasteiger partial charge is 0.465 e. The third-order valence-corrected chi connectivity index (χ3v) is 4.15. The summed E-state index contributed by atoms with van der Waals surface area (Å²) in [4.78, 5) is 27.6. The van der Waals surface area contributed by atoms with Crippen LogP contribution in [0, 0.1) is 0 Å². The van der Waals surface area contributed by atoms with E-state index in [2.05, 4.69) is 10.3 Å². The number of fused-ring (bicyclic) bond motifs is 1. The molecule has 0 saturated heterocycles. The van der Waals surface area contributed by atoms with Gasteiger partial charge in [0.1, 0.15) is 0 Å². The molecule has 0 aliphatic carbocycles. The summed E-state index contributed by atoms with van der Waals surface area (Å²) in [5, 5.41) is 12.2. The van der Waals surface area contributed by atoms with E-state index in [0.717, 1.165) is 5.56 Å². The molecular weight excluding hydrogens is 353 g/mol. The molecule has 0 radical (unpaired) electrons. The van der Waals surface area contributed by atoms with Crippen molar-refractivity contribution in [2.24, 2.45) is 0 Å². The highest BCUT2D eigenvalue weighted by molar-refractivity contribution is 6.42. The second-order valence-corrected chi connectivity index (χ2v) is 5.90. The summed E-state index contributed by atoms with van der Waals surface area (Å²) < 4.78 is 1.42. The van der Waals surface area contributed by atoms with Gasteiger partial charge < -0.3 is 5.11 Å². The first-order valence-corrected chi connectivity index (χ1v) is 7.63. The molecule has 0 fully saturated rings. The van der Waals surface area contributed by atoms with E-state index in [1.165, 1.54) is 17.0 Å². The monoisotopic (exact) mass is 363 g/mol. The van der Waals surface area contributed by atoms with Gasteiger partial charge in [0.05, 0.1) is 33.8 Å². The number of anilines is 1. The van der Waals surface area contributed by atoms with Crippen LogP contribution < -0.4 is 10.9 Å². The lowest BCUT2D eigenvalue weighted by Crippen LogP contribution is -2.21. The fourth-order valence-corrected chi connectivity index (χ4v) is 2.63. The van der Waals surface area contributed by atoms with Gasteiger partial charge in [0.25, 0.3) is 5.56 Å². The number of carbonyl (C=O) groups is 1. The minimum atomic E-state index is -1.20. The molecule has 0 saturated carbocycles. The summed E-state index contributed by atoms with van der Waals surface area (Å²) in [5.74, 6) is 0. The Morgan fingerprint density at radius 3 is 2.67 bits per heavy atom. The maximum absolute atomic E-state index is 12.6. The Balaban J connectivity index is 2.02. The van der Waals surface area contributed by atoms with E-state index in [0.29, 0.717) is 26.6 Å². The van der Waals surface area contributed by atoms with Crippen LogP contribution in [-0.2, 0) is 6.54 Å². The second kappa shape index (κ2) is 6.51. The molecule has 0 aliphatic rings. The van der Waals surface area contributed by atoms with Crippen LogP contribution in [0.4, 0.5) is 10.5 Å². The van der Waals surface area contributed by atoms with Crippen molar-refractivity contribution in [3.63, 3.8) is 0 Å². The van der Waals surface area contributed by atoms with Gasteiger partial charge in [0.15, 0.2) is 0 Å². The van der Waals surface area contributed by atoms with Crippen molar-refractivity contribution < 1.29 is 9.90 Å². The van der Waals surface area contributed by atoms with E-state index in [9.17, 15) is 9.59 Å². The number of halogens is 2. The second-order valence-electron chi connectivity index (χ2n) is 5.09. The molecule has 122 valence electrons. The molecular formula is C16H11Cl2N3O3. The van der Waals surface area contributed by atoms with Gasteiger partial charge in [-0.15, -0.1) is 0 Å². The zero-order valence-corrected chi connectivity index (χ0v) is 13.7. The Morgan fingerprint density at radius 2 is 1.96 bits per heavy atom. The zero-order valence-electron chi connectivity index (χ0n) is 12.2. The van der Waals surface area contributed by atoms with E-state index in [4.69, 9.17) is 28.3 Å². The average Bonchev–Trinajstić information content (AvgIpc) is 2.53. The Bertz CT molecular complexity index is 1000. The molecule has 6 nitrogen and oxygen atoms in total. The van der Waals surface area contributed by atoms with Crippen molar-refractivity contribution in [1.29, 1.82) is 0 Å². The number of hydrogen-bond donors (Lipinski definition) is 2. The average molecular weight is 364 g/mol. The molecule has 1 amide bonds. The van der Waals surface area contributed by atoms with Crippen LogP contribution in [0.2, 0.25) is 10.0 Å². The van der Waals surface area contributed by atoms with Gasteiger partial charge >= 0.3 is 6.09 Å². The lowest BCUT2D eigenvalue weighted by atomic mass is 10.2. The van der Waals surface area contributed by atoms with E-state index >= 15 is 0 Å². The lowest BCUT2D eigenvalue weighted by Gasteiger charge is -2.08. The van der Waals surface area contributed by atoms with E-state index in [-0.39, 0.29) is 12.1 Å². The molecule has 2 N–H and O–H groups in total. The van der Waals surface area contributed by atoms with Gasteiger partial charge in [-0.05, 0) is 35.9 Å². The highest BCUT2D eigenvalue weighted by atomic mass is 35.5. The molecule has 1 aromatic heterocycles. The van der Waals surface area contributed by atoms with Crippen molar-refractivity contribution in [2.75, 3.05) is 5.32 Å². The number of carboxylic acid groups (broad SMARTS) is 1. The van der Waals surface area contributed by atoms with Gasteiger partial charge in [-0.1, -0.05) is 29.3 Å². The van der Waals surface area contributed by atoms with Crippen LogP contribution in [0.3, 0.4) is 0 Å². The Kier molecular flexibility index (Phi) is 4.42. The Hall–Kier alpha value is -2.57. The van der Waals surface area contributed by atoms with E-state index < -0.39 is 6.09 Å². The summed E-state index contributed by atoms with van der Waals surface area (Å²) in [6.07, 6.45) is 0.242. The standard InChI is InChI=1S/C16H11Cl2N3O3/c17-12-3-1-9(5-13(12)18)7-21-8-19-14-4-2-10(20-16(23)24)6-11(14)15(21)22/h1-6,8,20H,7H2,(H,23,24). The predicted octanol–water partition coefficient (Wildman–Crippen LogP) is 3.84. The third kappa shape index (κ3) is 3.34. The molecule has 0 bridgehead atoms. The highest BCUT2D eigenvalue weighted by Crippen LogP contribution is 2.23. The molecule has 3 aromatic rings. The molecule has 24 heavy (non-hydrogen) atoms. The van der Waals surface area contributed by atoms with Gasteiger partial charge in [0.2, 0.25) is 0 Å². The number of aromatic nitrogens is 2. The summed E-state index contributed by atoms with van der Waals surface area (Å²) >= 11 is 11.9. The number of hydrogen-bond acceptors (Lipinski definition) is 3. The topological polar surface area (TPSA) is 84.2 Å². The Labute approximate surface area is 146 Å². The van der Waals surface area contributed by atoms with Crippen molar-refractivity contribution in [3.8, 4) is 0 Å². The van der Waals surface area contributed by atoms with Crippen molar-refractivity contribution in [1.82, 2.24) is 9.55 Å². The summed E-state index contributed by atoms with van der Waals surface area (Å²) in [7, 11) is 0. The normalized spacial score (nSPS) is 10.8. The quantitative estimate of drug-likeness (QED) is 0.740. The van der Waals surface area contributed by atoms with Crippen LogP contribution in [0.15, 0.2) is 47.5 Å². The summed E-state index contributed by atoms with van der Waals surface area (Å²) in [6, 6.07) is 9.71. The van der Waals surface area contributed by atoms with Crippen LogP contribution in [0.1, 0.15) is 5.56 Å². The van der Waals surface area contributed by atoms with Gasteiger partial charge in [0, 0.05) is 5.69 Å². The van der Waals surface area contributed by atoms with Crippen LogP contribution in [0.25, 0.3) is 10.9 Å². The number of nitrogens with zero attached hydrogens (tertiary/aromatic N) is 2. The molecule has 8 heteroatoms. The molecule has 0 spiro atoms. The van der Waals surface area contributed by atoms with Crippen LogP contribution in [-0.4, -0.2) is 20.8 Å². The lowest BCUT2D eigenvalue weighted by molar-refractivity contribution is 0.210. The number of benzene rings is 2. The summed E-state index contributed by atoms with van der Waals surface area (Å²) in [5.41, 5.74) is 1.31. The SMILES string of the molecule is O=C(O)Nc1ccc2ncn(Cc3ccc(Cl)c(Cl)c3)c(=O)c2c1. The molecule has 0 unspecified atom stereocenters. The van der Waals surface area contributed by atoms with E-state index in [1.54, 1.807) is 30.3 Å². The van der Waals surface area contributed by atoms with E-state index in [1.807, 2.05) is 0 Å². The first-order valence-electron chi connectivity index (χ1n) is 6.87. The van der Waals surface area contributed by atoms with Crippen molar-refractivity contribution in [3.05, 3.63) is 68.7 Å². The first kappa shape index (κ1) is 16.3. The minimum Gasteiger partial charge on any atom is -0.465 e. The minimum absolute atomic E-state index is 0.273. The predicted molar refractivity (Wildman–Crippen MR) is 93.2 cm³/mol. The number of rotatable bonds is 3. The fourth-order valence-electron chi connectivity index (χ4n) is 2.31. The third-order valence-electron chi connectivity index (χ3n) is 3.41. The fraction of sp³-hybridized carbons (Fsp3) is 0.0625. The van der Waals surface area contributed by atoms with Gasteiger partial charge in [-0.25, -0.2) is 9.78 Å². The van der Waals surface area contributed by atoms with Crippen LogP contribution >= 0.6 is 23.2 Å². The van der Waals surface area contributed by atoms with Gasteiger partial charge in [-0.3, -0.25) is 14.7 Å². The Morgan fingerprint density at radius 1 is 1.17 bits per heavy atom. The van der Waals surface area contributed by atoms with Crippen molar-refractivity contribution >= 4 is 45.9 Å². The highest BCUT2D eigenvalue weighted by Gasteiger charge is 2.08. The molecule has 2 aromatic carbocycles. The van der Waals surface area contributed by atoms with Crippen molar-refractivity contribution in [2.45, 2.75) is 6.54 Å². The van der Waals surface area contributed by atoms with Gasteiger partial charge in [-0.2, -0.15) is 0 Å². The molecule has 1 heterocycles. The van der Waals surface area contributed by atoms with Crippen LogP contribution in [0.5, 0.6) is 0 Å². The summed E-state index contributed by atoms with van der Waals surface area (Å²) in [6.45, 7) is 0.273. The molecule has 3 rings (SSSR count). The number of nitrogens with one attached hydrogen (secondary N) is 1. The molecule has 0 atom stereocenters. The molecule has 0 aliphatic heterocycles. The smallest absolute Gasteiger partial charge is 0.409 e. The maximum atomic E-state index is 12.6. The first-order chi connectivity index (χ1) is 11.4.